The Morgan fingerprint density at radius 1 is 1.50 bits per heavy atom. The molecule has 0 aliphatic rings. The van der Waals surface area contributed by atoms with Gasteiger partial charge < -0.3 is 9.64 Å². The van der Waals surface area contributed by atoms with Crippen molar-refractivity contribution < 1.29 is 9.53 Å². The van der Waals surface area contributed by atoms with Crippen molar-refractivity contribution in [2.45, 2.75) is 19.9 Å². The van der Waals surface area contributed by atoms with Crippen molar-refractivity contribution in [1.82, 2.24) is 25.0 Å². The minimum atomic E-state index is -0.325. The standard InChI is InChI=1S/C10H14N6O2/c1-7(2)15(6-10(17)18-3)9-5-11-4-8-12-13-14-16(8)9/h4-5,7H,6H2,1-3H3. The first-order chi connectivity index (χ1) is 8.63. The van der Waals surface area contributed by atoms with Gasteiger partial charge in [0.15, 0.2) is 11.5 Å². The summed E-state index contributed by atoms with van der Waals surface area (Å²) in [6.45, 7) is 4.05. The highest BCUT2D eigenvalue weighted by molar-refractivity contribution is 5.75. The van der Waals surface area contributed by atoms with Crippen LogP contribution in [0.3, 0.4) is 0 Å². The predicted octanol–water partition coefficient (Wildman–Crippen LogP) is -0.0929. The summed E-state index contributed by atoms with van der Waals surface area (Å²) < 4.78 is 6.22. The summed E-state index contributed by atoms with van der Waals surface area (Å²) in [6.07, 6.45) is 3.17. The van der Waals surface area contributed by atoms with E-state index in [1.807, 2.05) is 18.7 Å². The van der Waals surface area contributed by atoms with E-state index in [1.54, 1.807) is 12.4 Å². The molecule has 2 heterocycles. The molecule has 0 aliphatic carbocycles. The number of carbonyl (C=O) groups is 1. The number of fused-ring (bicyclic) bond motifs is 1. The molecule has 0 radical (unpaired) electrons. The number of methoxy groups -OCH3 is 1. The van der Waals surface area contributed by atoms with E-state index in [9.17, 15) is 4.79 Å². The van der Waals surface area contributed by atoms with Gasteiger partial charge in [0.1, 0.15) is 6.54 Å². The van der Waals surface area contributed by atoms with Crippen LogP contribution in [0.15, 0.2) is 12.4 Å². The first kappa shape index (κ1) is 12.2. The van der Waals surface area contributed by atoms with Gasteiger partial charge in [-0.25, -0.2) is 0 Å². The Morgan fingerprint density at radius 3 is 2.94 bits per heavy atom. The molecule has 0 N–H and O–H groups in total. The fourth-order valence-electron chi connectivity index (χ4n) is 1.59. The maximum atomic E-state index is 11.4. The third-order valence-corrected chi connectivity index (χ3v) is 2.54. The molecule has 0 saturated carbocycles. The summed E-state index contributed by atoms with van der Waals surface area (Å²) in [7, 11) is 1.36. The van der Waals surface area contributed by atoms with Gasteiger partial charge in [-0.1, -0.05) is 0 Å². The highest BCUT2D eigenvalue weighted by atomic mass is 16.5. The number of carbonyl (C=O) groups excluding carboxylic acids is 1. The van der Waals surface area contributed by atoms with E-state index in [-0.39, 0.29) is 18.6 Å². The molecule has 0 aromatic carbocycles. The largest absolute Gasteiger partial charge is 0.468 e. The molecule has 0 spiro atoms. The van der Waals surface area contributed by atoms with Crippen molar-refractivity contribution in [2.75, 3.05) is 18.6 Å². The molecule has 0 atom stereocenters. The fourth-order valence-corrected chi connectivity index (χ4v) is 1.59. The molecule has 18 heavy (non-hydrogen) atoms. The zero-order valence-electron chi connectivity index (χ0n) is 10.4. The highest BCUT2D eigenvalue weighted by Crippen LogP contribution is 2.15. The van der Waals surface area contributed by atoms with Crippen LogP contribution in [0.5, 0.6) is 0 Å². The van der Waals surface area contributed by atoms with Crippen molar-refractivity contribution in [3.63, 3.8) is 0 Å². The summed E-state index contributed by atoms with van der Waals surface area (Å²) >= 11 is 0. The van der Waals surface area contributed by atoms with Crippen LogP contribution in [-0.4, -0.2) is 50.7 Å². The summed E-state index contributed by atoms with van der Waals surface area (Å²) in [4.78, 5) is 17.3. The Balaban J connectivity index is 2.41. The van der Waals surface area contributed by atoms with E-state index in [4.69, 9.17) is 0 Å². The maximum absolute atomic E-state index is 11.4. The van der Waals surface area contributed by atoms with Crippen LogP contribution >= 0.6 is 0 Å². The number of anilines is 1. The number of rotatable bonds is 4. The van der Waals surface area contributed by atoms with Gasteiger partial charge >= 0.3 is 5.97 Å². The molecule has 0 fully saturated rings. The molecule has 0 bridgehead atoms. The second-order valence-corrected chi connectivity index (χ2v) is 4.01. The third kappa shape index (κ3) is 2.22. The Hall–Kier alpha value is -2.25. The van der Waals surface area contributed by atoms with Crippen molar-refractivity contribution in [1.29, 1.82) is 0 Å². The minimum absolute atomic E-state index is 0.0840. The van der Waals surface area contributed by atoms with Crippen molar-refractivity contribution in [3.05, 3.63) is 12.4 Å². The van der Waals surface area contributed by atoms with E-state index in [2.05, 4.69) is 25.2 Å². The Bertz CT molecular complexity index is 552. The number of nitrogens with zero attached hydrogens (tertiary/aromatic N) is 6. The third-order valence-electron chi connectivity index (χ3n) is 2.54. The molecule has 8 nitrogen and oxygen atoms in total. The topological polar surface area (TPSA) is 85.5 Å². The molecular weight excluding hydrogens is 236 g/mol. The number of ether oxygens (including phenoxy) is 1. The van der Waals surface area contributed by atoms with Crippen molar-refractivity contribution in [3.8, 4) is 0 Å². The molecule has 2 aromatic heterocycles. The van der Waals surface area contributed by atoms with Crippen LogP contribution in [0.25, 0.3) is 5.65 Å². The predicted molar refractivity (Wildman–Crippen MR) is 63.1 cm³/mol. The number of esters is 1. The quantitative estimate of drug-likeness (QED) is 0.701. The van der Waals surface area contributed by atoms with Crippen molar-refractivity contribution >= 4 is 17.4 Å². The molecule has 0 amide bonds. The van der Waals surface area contributed by atoms with Crippen LogP contribution in [0.1, 0.15) is 13.8 Å². The number of tetrazole rings is 1. The lowest BCUT2D eigenvalue weighted by Gasteiger charge is -2.26. The number of hydrogen-bond acceptors (Lipinski definition) is 7. The smallest absolute Gasteiger partial charge is 0.325 e. The average Bonchev–Trinajstić information content (AvgIpc) is 2.83. The van der Waals surface area contributed by atoms with Gasteiger partial charge in [-0.2, -0.15) is 4.52 Å². The minimum Gasteiger partial charge on any atom is -0.468 e. The van der Waals surface area contributed by atoms with E-state index >= 15 is 0 Å². The number of hydrogen-bond donors (Lipinski definition) is 0. The molecular formula is C10H14N6O2. The van der Waals surface area contributed by atoms with E-state index in [0.29, 0.717) is 11.5 Å². The normalized spacial score (nSPS) is 10.9. The molecule has 96 valence electrons. The molecule has 2 rings (SSSR count). The van der Waals surface area contributed by atoms with Gasteiger partial charge in [0.2, 0.25) is 0 Å². The van der Waals surface area contributed by atoms with E-state index in [0.717, 1.165) is 0 Å². The molecule has 2 aromatic rings. The van der Waals surface area contributed by atoms with Gasteiger partial charge in [0.25, 0.3) is 0 Å². The summed E-state index contributed by atoms with van der Waals surface area (Å²) in [5.41, 5.74) is 0.531. The molecule has 0 unspecified atom stereocenters. The van der Waals surface area contributed by atoms with Crippen LogP contribution in [0, 0.1) is 0 Å². The Morgan fingerprint density at radius 2 is 2.28 bits per heavy atom. The molecule has 8 heteroatoms. The second-order valence-electron chi connectivity index (χ2n) is 4.01. The molecule has 0 saturated heterocycles. The first-order valence-corrected chi connectivity index (χ1v) is 5.49. The summed E-state index contributed by atoms with van der Waals surface area (Å²) in [5.74, 6) is 0.326. The SMILES string of the molecule is COC(=O)CN(c1cncc2nnnn12)C(C)C. The lowest BCUT2D eigenvalue weighted by molar-refractivity contribution is -0.139. The zero-order chi connectivity index (χ0) is 13.1. The van der Waals surface area contributed by atoms with Crippen LogP contribution in [0.2, 0.25) is 0 Å². The lowest BCUT2D eigenvalue weighted by atomic mass is 10.3. The lowest BCUT2D eigenvalue weighted by Crippen LogP contribution is -2.37. The van der Waals surface area contributed by atoms with E-state index in [1.165, 1.54) is 11.6 Å². The van der Waals surface area contributed by atoms with Gasteiger partial charge in [0, 0.05) is 6.04 Å². The number of aromatic nitrogens is 5. The van der Waals surface area contributed by atoms with Gasteiger partial charge in [0.05, 0.1) is 19.5 Å². The van der Waals surface area contributed by atoms with Crippen LogP contribution < -0.4 is 4.90 Å². The summed E-state index contributed by atoms with van der Waals surface area (Å²) in [5, 5.41) is 11.3. The Kier molecular flexibility index (Phi) is 3.35. The maximum Gasteiger partial charge on any atom is 0.325 e. The molecule has 0 aliphatic heterocycles. The van der Waals surface area contributed by atoms with E-state index < -0.39 is 0 Å². The Labute approximate surface area is 104 Å². The van der Waals surface area contributed by atoms with Gasteiger partial charge in [-0.05, 0) is 24.3 Å². The van der Waals surface area contributed by atoms with Gasteiger partial charge in [-0.15, -0.1) is 5.10 Å². The van der Waals surface area contributed by atoms with Crippen molar-refractivity contribution in [2.24, 2.45) is 0 Å². The summed E-state index contributed by atoms with van der Waals surface area (Å²) in [6, 6.07) is 0.0840. The van der Waals surface area contributed by atoms with Gasteiger partial charge in [-0.3, -0.25) is 9.78 Å². The first-order valence-electron chi connectivity index (χ1n) is 5.49. The zero-order valence-corrected chi connectivity index (χ0v) is 10.4. The van der Waals surface area contributed by atoms with Crippen LogP contribution in [0.4, 0.5) is 5.82 Å². The second kappa shape index (κ2) is 4.94. The fraction of sp³-hybridized carbons (Fsp3) is 0.500. The monoisotopic (exact) mass is 250 g/mol. The average molecular weight is 250 g/mol. The highest BCUT2D eigenvalue weighted by Gasteiger charge is 2.19. The van der Waals surface area contributed by atoms with Crippen LogP contribution in [-0.2, 0) is 9.53 Å².